The average Bonchev–Trinajstić information content (AvgIpc) is 3.42. The van der Waals surface area contributed by atoms with Crippen LogP contribution in [0.25, 0.3) is 10.8 Å². The van der Waals surface area contributed by atoms with E-state index in [0.717, 1.165) is 27.5 Å². The monoisotopic (exact) mass is 503 g/mol. The van der Waals surface area contributed by atoms with Gasteiger partial charge in [-0.25, -0.2) is 9.20 Å². The lowest BCUT2D eigenvalue weighted by atomic mass is 9.97. The van der Waals surface area contributed by atoms with Gasteiger partial charge in [0.1, 0.15) is 11.8 Å². The van der Waals surface area contributed by atoms with Crippen molar-refractivity contribution in [1.82, 2.24) is 0 Å². The zero-order chi connectivity index (χ0) is 25.2. The Morgan fingerprint density at radius 1 is 0.730 bits per heavy atom. The number of aliphatic imine (C=N–C) groups is 1. The van der Waals surface area contributed by atoms with Crippen molar-refractivity contribution in [3.63, 3.8) is 0 Å². The molecule has 0 radical (unpaired) electrons. The molecule has 0 N–H and O–H groups in total. The van der Waals surface area contributed by atoms with Gasteiger partial charge in [-0.2, -0.15) is 0 Å². The molecule has 37 heavy (non-hydrogen) atoms. The Bertz CT molecular complexity index is 1620. The van der Waals surface area contributed by atoms with E-state index in [4.69, 9.17) is 14.5 Å². The number of rotatable bonds is 6. The molecule has 0 bridgehead atoms. The predicted octanol–water partition coefficient (Wildman–Crippen LogP) is 7.27. The van der Waals surface area contributed by atoms with Crippen molar-refractivity contribution >= 4 is 27.5 Å². The second kappa shape index (κ2) is 10.0. The number of benzene rings is 5. The van der Waals surface area contributed by atoms with E-state index in [1.807, 2.05) is 97.1 Å². The zero-order valence-electron chi connectivity index (χ0n) is 20.3. The van der Waals surface area contributed by atoms with E-state index in [0.29, 0.717) is 21.4 Å². The molecule has 0 fully saturated rings. The highest BCUT2D eigenvalue weighted by Gasteiger charge is 2.35. The van der Waals surface area contributed by atoms with E-state index < -0.39 is 10.8 Å². The number of hydrogen-bond donors (Lipinski definition) is 0. The van der Waals surface area contributed by atoms with E-state index in [-0.39, 0.29) is 12.1 Å². The molecule has 1 aliphatic rings. The fourth-order valence-electron chi connectivity index (χ4n) is 4.82. The van der Waals surface area contributed by atoms with Gasteiger partial charge in [0.25, 0.3) is 0 Å². The lowest BCUT2D eigenvalue weighted by Crippen LogP contribution is -2.11. The molecule has 1 heterocycles. The van der Waals surface area contributed by atoms with Gasteiger partial charge in [0.05, 0.1) is 33.3 Å². The summed E-state index contributed by atoms with van der Waals surface area (Å²) < 4.78 is 26.5. The topological polar surface area (TPSA) is 47.9 Å². The van der Waals surface area contributed by atoms with Crippen LogP contribution in [0.4, 0.5) is 0 Å². The van der Waals surface area contributed by atoms with Crippen molar-refractivity contribution < 1.29 is 13.7 Å². The van der Waals surface area contributed by atoms with Crippen molar-refractivity contribution in [3.8, 4) is 5.75 Å². The molecule has 0 amide bonds. The first-order valence-electron chi connectivity index (χ1n) is 12.2. The fraction of sp³-hybridized carbons (Fsp3) is 0.0938. The molecule has 182 valence electrons. The summed E-state index contributed by atoms with van der Waals surface area (Å²) >= 11 is 0. The third-order valence-corrected chi connectivity index (χ3v) is 8.16. The van der Waals surface area contributed by atoms with Crippen LogP contribution >= 0.6 is 0 Å². The van der Waals surface area contributed by atoms with Crippen LogP contribution in [0, 0.1) is 0 Å². The summed E-state index contributed by atoms with van der Waals surface area (Å²) in [5.41, 5.74) is 2.83. The number of ether oxygens (including phenoxy) is 2. The largest absolute Gasteiger partial charge is 0.495 e. The SMILES string of the molecule is COc1ccc2ccccc2c1S(=O)c1ccccc1C1=N[C@@H](c2ccccc2)[C@@H](c2ccccc2)O1. The Kier molecular flexibility index (Phi) is 6.29. The predicted molar refractivity (Wildman–Crippen MR) is 148 cm³/mol. The Labute approximate surface area is 218 Å². The van der Waals surface area contributed by atoms with Crippen molar-refractivity contribution in [2.45, 2.75) is 21.9 Å². The number of fused-ring (bicyclic) bond motifs is 1. The first-order chi connectivity index (χ1) is 18.2. The van der Waals surface area contributed by atoms with E-state index in [1.165, 1.54) is 0 Å². The number of methoxy groups -OCH3 is 1. The Morgan fingerprint density at radius 2 is 1.38 bits per heavy atom. The molecule has 5 aromatic rings. The smallest absolute Gasteiger partial charge is 0.218 e. The van der Waals surface area contributed by atoms with Crippen molar-refractivity contribution in [2.75, 3.05) is 7.11 Å². The van der Waals surface area contributed by atoms with Gasteiger partial charge in [-0.15, -0.1) is 0 Å². The van der Waals surface area contributed by atoms with Gasteiger partial charge in [0.2, 0.25) is 5.90 Å². The number of hydrogen-bond acceptors (Lipinski definition) is 4. The maximum atomic E-state index is 14.2. The average molecular weight is 504 g/mol. The van der Waals surface area contributed by atoms with E-state index in [2.05, 4.69) is 24.3 Å². The highest BCUT2D eigenvalue weighted by molar-refractivity contribution is 7.85. The van der Waals surface area contributed by atoms with Crippen LogP contribution in [0.5, 0.6) is 5.75 Å². The quantitative estimate of drug-likeness (QED) is 0.245. The molecule has 0 aliphatic carbocycles. The maximum absolute atomic E-state index is 14.2. The minimum absolute atomic E-state index is 0.216. The first kappa shape index (κ1) is 23.2. The Balaban J connectivity index is 1.47. The van der Waals surface area contributed by atoms with E-state index >= 15 is 0 Å². The molecule has 0 aromatic heterocycles. The van der Waals surface area contributed by atoms with Gasteiger partial charge in [-0.3, -0.25) is 0 Å². The molecule has 1 unspecified atom stereocenters. The molecule has 6 rings (SSSR count). The fourth-order valence-corrected chi connectivity index (χ4v) is 6.32. The van der Waals surface area contributed by atoms with Gasteiger partial charge in [0.15, 0.2) is 6.10 Å². The van der Waals surface area contributed by atoms with E-state index in [9.17, 15) is 4.21 Å². The van der Waals surface area contributed by atoms with Crippen molar-refractivity contribution in [3.05, 3.63) is 138 Å². The highest BCUT2D eigenvalue weighted by Crippen LogP contribution is 2.42. The maximum Gasteiger partial charge on any atom is 0.218 e. The molecule has 4 nitrogen and oxygen atoms in total. The highest BCUT2D eigenvalue weighted by atomic mass is 32.2. The summed E-state index contributed by atoms with van der Waals surface area (Å²) in [6.07, 6.45) is -0.285. The van der Waals surface area contributed by atoms with Crippen LogP contribution in [-0.2, 0) is 15.5 Å². The third-order valence-electron chi connectivity index (χ3n) is 6.62. The molecule has 0 saturated carbocycles. The van der Waals surface area contributed by atoms with Gasteiger partial charge in [-0.05, 0) is 34.7 Å². The van der Waals surface area contributed by atoms with Crippen LogP contribution < -0.4 is 4.74 Å². The summed E-state index contributed by atoms with van der Waals surface area (Å²) in [7, 11) is 0.0693. The van der Waals surface area contributed by atoms with Crippen LogP contribution in [0.3, 0.4) is 0 Å². The molecule has 3 atom stereocenters. The second-order valence-electron chi connectivity index (χ2n) is 8.82. The zero-order valence-corrected chi connectivity index (χ0v) is 21.1. The second-order valence-corrected chi connectivity index (χ2v) is 10.2. The minimum Gasteiger partial charge on any atom is -0.495 e. The van der Waals surface area contributed by atoms with Gasteiger partial charge in [0, 0.05) is 5.39 Å². The molecular weight excluding hydrogens is 478 g/mol. The third kappa shape index (κ3) is 4.32. The van der Waals surface area contributed by atoms with Crippen molar-refractivity contribution in [1.29, 1.82) is 0 Å². The van der Waals surface area contributed by atoms with Crippen LogP contribution in [0.2, 0.25) is 0 Å². The number of nitrogens with zero attached hydrogens (tertiary/aromatic N) is 1. The summed E-state index contributed by atoms with van der Waals surface area (Å²) in [5, 5.41) is 1.90. The van der Waals surface area contributed by atoms with Crippen LogP contribution in [0.15, 0.2) is 136 Å². The van der Waals surface area contributed by atoms with Crippen molar-refractivity contribution in [2.24, 2.45) is 4.99 Å². The Morgan fingerprint density at radius 3 is 2.14 bits per heavy atom. The van der Waals surface area contributed by atoms with Crippen LogP contribution in [0.1, 0.15) is 28.8 Å². The van der Waals surface area contributed by atoms with E-state index in [1.54, 1.807) is 7.11 Å². The summed E-state index contributed by atoms with van der Waals surface area (Å²) in [6.45, 7) is 0. The van der Waals surface area contributed by atoms with Gasteiger partial charge >= 0.3 is 0 Å². The summed E-state index contributed by atoms with van der Waals surface area (Å²) in [6, 6.07) is 39.5. The lowest BCUT2D eigenvalue weighted by molar-refractivity contribution is 0.197. The molecule has 1 aliphatic heterocycles. The summed E-state index contributed by atoms with van der Waals surface area (Å²) in [4.78, 5) is 6.34. The molecule has 0 saturated heterocycles. The summed E-state index contributed by atoms with van der Waals surface area (Å²) in [5.74, 6) is 1.08. The standard InChI is InChI=1S/C32H25NO3S/c1-35-27-21-20-22-12-8-9-17-25(22)31(27)37(34)28-19-11-10-18-26(28)32-33-29(23-13-4-2-5-14-23)30(36-32)24-15-6-3-7-16-24/h2-21,29-30H,1H3/t29-,30+,37?/m0/s1. The first-order valence-corrected chi connectivity index (χ1v) is 13.3. The molecule has 5 heteroatoms. The van der Waals surface area contributed by atoms with Crippen LogP contribution in [-0.4, -0.2) is 17.2 Å². The minimum atomic E-state index is -1.54. The molecule has 5 aromatic carbocycles. The van der Waals surface area contributed by atoms with Gasteiger partial charge < -0.3 is 9.47 Å². The molecule has 0 spiro atoms. The lowest BCUT2D eigenvalue weighted by Gasteiger charge is -2.19. The normalized spacial score (nSPS) is 17.7. The molecular formula is C32H25NO3S. The van der Waals surface area contributed by atoms with Gasteiger partial charge in [-0.1, -0.05) is 103 Å². The Hall–Kier alpha value is -4.22.